The molecule has 4 heteroatoms. The number of fused-ring (bicyclic) bond motifs is 3. The van der Waals surface area contributed by atoms with Crippen LogP contribution in [0, 0.1) is 0 Å². The maximum atomic E-state index is 13.1. The van der Waals surface area contributed by atoms with E-state index in [1.54, 1.807) is 23.1 Å². The number of ketones is 1. The molecule has 1 aliphatic heterocycles. The molecule has 116 valence electrons. The monoisotopic (exact) mass is 347 g/mol. The number of benzene rings is 2. The van der Waals surface area contributed by atoms with Gasteiger partial charge in [-0.1, -0.05) is 42.5 Å². The number of Topliss-reactive ketones (excluding diaryl/α,β-unsaturated/α-hetero) is 1. The standard InChI is InChI=1S/C20H13NOS2/c22-19-13-7-2-1-6-12(13)18-17(19)20(16-10-5-11-23-16)24-15-9-4-3-8-14(15)21-18/h1-11,20-21H/t20-/m0/s1. The molecule has 1 N–H and O–H groups in total. The Morgan fingerprint density at radius 1 is 0.875 bits per heavy atom. The van der Waals surface area contributed by atoms with Crippen molar-refractivity contribution in [1.29, 1.82) is 0 Å². The second-order valence-corrected chi connectivity index (χ2v) is 7.92. The first-order chi connectivity index (χ1) is 11.8. The molecule has 0 saturated carbocycles. The van der Waals surface area contributed by atoms with Gasteiger partial charge in [-0.15, -0.1) is 23.1 Å². The molecular weight excluding hydrogens is 334 g/mol. The van der Waals surface area contributed by atoms with Crippen LogP contribution in [0.5, 0.6) is 0 Å². The Morgan fingerprint density at radius 2 is 1.67 bits per heavy atom. The lowest BCUT2D eigenvalue weighted by Crippen LogP contribution is -2.06. The van der Waals surface area contributed by atoms with Gasteiger partial charge in [0.05, 0.1) is 16.6 Å². The van der Waals surface area contributed by atoms with Crippen molar-refractivity contribution >= 4 is 40.3 Å². The van der Waals surface area contributed by atoms with Gasteiger partial charge in [0.1, 0.15) is 0 Å². The zero-order valence-corrected chi connectivity index (χ0v) is 14.3. The van der Waals surface area contributed by atoms with Crippen LogP contribution in [0.4, 0.5) is 5.69 Å². The molecule has 0 radical (unpaired) electrons. The molecule has 0 fully saturated rings. The molecule has 2 heterocycles. The molecule has 1 aromatic heterocycles. The van der Waals surface area contributed by atoms with Crippen LogP contribution in [0.1, 0.15) is 26.0 Å². The summed E-state index contributed by atoms with van der Waals surface area (Å²) in [5.74, 6) is 0.145. The lowest BCUT2D eigenvalue weighted by atomic mass is 10.1. The van der Waals surface area contributed by atoms with Crippen LogP contribution in [-0.2, 0) is 0 Å². The molecule has 3 aromatic rings. The molecule has 5 rings (SSSR count). The first-order valence-corrected chi connectivity index (χ1v) is 9.53. The molecule has 24 heavy (non-hydrogen) atoms. The molecule has 0 spiro atoms. The van der Waals surface area contributed by atoms with Crippen molar-refractivity contribution in [2.24, 2.45) is 0 Å². The van der Waals surface area contributed by atoms with Gasteiger partial charge in [0.2, 0.25) is 0 Å². The van der Waals surface area contributed by atoms with Crippen LogP contribution < -0.4 is 5.32 Å². The van der Waals surface area contributed by atoms with Gasteiger partial charge in [-0.3, -0.25) is 4.79 Å². The second kappa shape index (κ2) is 5.36. The van der Waals surface area contributed by atoms with Crippen molar-refractivity contribution in [1.82, 2.24) is 0 Å². The predicted molar refractivity (Wildman–Crippen MR) is 101 cm³/mol. The zero-order valence-electron chi connectivity index (χ0n) is 12.7. The van der Waals surface area contributed by atoms with Crippen molar-refractivity contribution in [3.8, 4) is 0 Å². The largest absolute Gasteiger partial charge is 0.354 e. The minimum atomic E-state index is 0.0241. The van der Waals surface area contributed by atoms with Crippen LogP contribution in [0.2, 0.25) is 0 Å². The molecule has 0 saturated heterocycles. The maximum Gasteiger partial charge on any atom is 0.193 e. The van der Waals surface area contributed by atoms with Crippen molar-refractivity contribution in [3.63, 3.8) is 0 Å². The quantitative estimate of drug-likeness (QED) is 0.620. The van der Waals surface area contributed by atoms with E-state index in [9.17, 15) is 4.79 Å². The first kappa shape index (κ1) is 14.1. The summed E-state index contributed by atoms with van der Waals surface area (Å²) in [7, 11) is 0. The first-order valence-electron chi connectivity index (χ1n) is 7.77. The zero-order chi connectivity index (χ0) is 16.1. The Hall–Kier alpha value is -2.30. The summed E-state index contributed by atoms with van der Waals surface area (Å²) < 4.78 is 0. The van der Waals surface area contributed by atoms with Crippen LogP contribution in [-0.4, -0.2) is 5.78 Å². The predicted octanol–water partition coefficient (Wildman–Crippen LogP) is 5.61. The second-order valence-electron chi connectivity index (χ2n) is 5.80. The van der Waals surface area contributed by atoms with Gasteiger partial charge in [0.25, 0.3) is 0 Å². The number of thioether (sulfide) groups is 1. The molecular formula is C20H13NOS2. The van der Waals surface area contributed by atoms with Gasteiger partial charge in [-0.2, -0.15) is 0 Å². The minimum Gasteiger partial charge on any atom is -0.354 e. The Balaban J connectivity index is 1.77. The van der Waals surface area contributed by atoms with Gasteiger partial charge in [0, 0.05) is 26.5 Å². The molecule has 0 bridgehead atoms. The van der Waals surface area contributed by atoms with Crippen molar-refractivity contribution in [2.75, 3.05) is 5.32 Å². The minimum absolute atomic E-state index is 0.0241. The summed E-state index contributed by atoms with van der Waals surface area (Å²) in [6.07, 6.45) is 0. The van der Waals surface area contributed by atoms with E-state index >= 15 is 0 Å². The van der Waals surface area contributed by atoms with E-state index in [4.69, 9.17) is 0 Å². The lowest BCUT2D eigenvalue weighted by molar-refractivity contribution is 0.103. The average Bonchev–Trinajstić information content (AvgIpc) is 3.19. The van der Waals surface area contributed by atoms with Crippen molar-refractivity contribution < 1.29 is 4.79 Å². The molecule has 2 aliphatic rings. The summed E-state index contributed by atoms with van der Waals surface area (Å²) in [5, 5.41) is 5.64. The SMILES string of the molecule is O=C1C2=C(Nc3ccccc3S[C@H]2c2cccs2)c2ccccc21. The number of nitrogens with one attached hydrogen (secondary N) is 1. The van der Waals surface area contributed by atoms with Crippen LogP contribution in [0.25, 0.3) is 5.70 Å². The molecule has 1 aliphatic carbocycles. The Morgan fingerprint density at radius 3 is 2.50 bits per heavy atom. The fraction of sp³-hybridized carbons (Fsp3) is 0.0500. The topological polar surface area (TPSA) is 29.1 Å². The van der Waals surface area contributed by atoms with E-state index in [1.807, 2.05) is 36.4 Å². The van der Waals surface area contributed by atoms with Crippen LogP contribution >= 0.6 is 23.1 Å². The highest BCUT2D eigenvalue weighted by atomic mass is 32.2. The summed E-state index contributed by atoms with van der Waals surface area (Å²) >= 11 is 3.46. The van der Waals surface area contributed by atoms with E-state index in [0.29, 0.717) is 0 Å². The van der Waals surface area contributed by atoms with E-state index in [1.165, 1.54) is 9.77 Å². The number of hydrogen-bond donors (Lipinski definition) is 1. The number of anilines is 1. The van der Waals surface area contributed by atoms with E-state index < -0.39 is 0 Å². The van der Waals surface area contributed by atoms with Gasteiger partial charge < -0.3 is 5.32 Å². The number of carbonyl (C=O) groups excluding carboxylic acids is 1. The highest BCUT2D eigenvalue weighted by molar-refractivity contribution is 8.00. The summed E-state index contributed by atoms with van der Waals surface area (Å²) in [6.45, 7) is 0. The number of para-hydroxylation sites is 1. The number of carbonyl (C=O) groups is 1. The van der Waals surface area contributed by atoms with E-state index in [-0.39, 0.29) is 11.0 Å². The van der Waals surface area contributed by atoms with Crippen molar-refractivity contribution in [2.45, 2.75) is 10.1 Å². The number of thiophene rings is 1. The maximum absolute atomic E-state index is 13.1. The Labute approximate surface area is 148 Å². The normalized spacial score (nSPS) is 18.5. The molecule has 1 atom stereocenters. The Kier molecular flexibility index (Phi) is 3.15. The van der Waals surface area contributed by atoms with Crippen LogP contribution in [0.3, 0.4) is 0 Å². The number of hydrogen-bond acceptors (Lipinski definition) is 4. The average molecular weight is 347 g/mol. The Bertz CT molecular complexity index is 988. The summed E-state index contributed by atoms with van der Waals surface area (Å²) in [6, 6.07) is 20.3. The summed E-state index contributed by atoms with van der Waals surface area (Å²) in [5.41, 5.74) is 4.72. The van der Waals surface area contributed by atoms with Gasteiger partial charge in [-0.25, -0.2) is 0 Å². The molecule has 0 unspecified atom stereocenters. The highest BCUT2D eigenvalue weighted by Gasteiger charge is 2.38. The third-order valence-corrected chi connectivity index (χ3v) is 6.83. The smallest absolute Gasteiger partial charge is 0.193 e. The van der Waals surface area contributed by atoms with Crippen LogP contribution in [0.15, 0.2) is 76.5 Å². The van der Waals surface area contributed by atoms with Crippen molar-refractivity contribution in [3.05, 3.63) is 87.6 Å². The van der Waals surface area contributed by atoms with E-state index in [0.717, 1.165) is 28.1 Å². The molecule has 2 aromatic carbocycles. The molecule has 0 amide bonds. The highest BCUT2D eigenvalue weighted by Crippen LogP contribution is 2.53. The van der Waals surface area contributed by atoms with Gasteiger partial charge >= 0.3 is 0 Å². The fourth-order valence-electron chi connectivity index (χ4n) is 3.32. The third kappa shape index (κ3) is 2.00. The summed E-state index contributed by atoms with van der Waals surface area (Å²) in [4.78, 5) is 15.5. The van der Waals surface area contributed by atoms with Gasteiger partial charge in [0.15, 0.2) is 5.78 Å². The fourth-order valence-corrected chi connectivity index (χ4v) is 5.54. The number of rotatable bonds is 1. The van der Waals surface area contributed by atoms with E-state index in [2.05, 4.69) is 35.0 Å². The lowest BCUT2D eigenvalue weighted by Gasteiger charge is -2.15. The van der Waals surface area contributed by atoms with Gasteiger partial charge in [-0.05, 0) is 23.6 Å². The molecule has 2 nitrogen and oxygen atoms in total. The third-order valence-electron chi connectivity index (χ3n) is 4.41.